The van der Waals surface area contributed by atoms with Crippen molar-refractivity contribution in [1.29, 1.82) is 0 Å². The van der Waals surface area contributed by atoms with Gasteiger partial charge < -0.3 is 10.4 Å². The van der Waals surface area contributed by atoms with Crippen LogP contribution in [0.15, 0.2) is 12.1 Å². The molecule has 0 unspecified atom stereocenters. The van der Waals surface area contributed by atoms with E-state index in [1.54, 1.807) is 6.07 Å². The average molecular weight is 251 g/mol. The Morgan fingerprint density at radius 3 is 3.00 bits per heavy atom. The highest BCUT2D eigenvalue weighted by Crippen LogP contribution is 2.30. The van der Waals surface area contributed by atoms with Crippen molar-refractivity contribution in [2.75, 3.05) is 11.9 Å². The molecule has 0 saturated carbocycles. The van der Waals surface area contributed by atoms with Gasteiger partial charge in [-0.15, -0.1) is 0 Å². The summed E-state index contributed by atoms with van der Waals surface area (Å²) in [5.41, 5.74) is 1.48. The van der Waals surface area contributed by atoms with Gasteiger partial charge in [0.2, 0.25) is 0 Å². The smallest absolute Gasteiger partial charge is 0.321 e. The van der Waals surface area contributed by atoms with Crippen LogP contribution in [0.4, 0.5) is 9.93 Å². The van der Waals surface area contributed by atoms with E-state index >= 15 is 0 Å². The summed E-state index contributed by atoms with van der Waals surface area (Å²) in [4.78, 5) is 15.5. The van der Waals surface area contributed by atoms with Gasteiger partial charge in [-0.25, -0.2) is 9.78 Å². The lowest BCUT2D eigenvalue weighted by Crippen LogP contribution is -2.28. The zero-order valence-electron chi connectivity index (χ0n) is 9.57. The molecule has 0 aliphatic heterocycles. The van der Waals surface area contributed by atoms with Crippen molar-refractivity contribution in [1.82, 2.24) is 10.3 Å². The summed E-state index contributed by atoms with van der Waals surface area (Å²) in [7, 11) is 0. The summed E-state index contributed by atoms with van der Waals surface area (Å²) in [6.45, 7) is 4.24. The van der Waals surface area contributed by atoms with E-state index in [0.29, 0.717) is 17.2 Å². The standard InChI is InChI=1S/C11H13N3O2S/c1-3-12-10(16)14-11-13-7-5-8(15)6(2)4-9(7)17-11/h4-5,15H,3H2,1-2H3,(H2,12,13,14,16). The number of aromatic hydroxyl groups is 1. The topological polar surface area (TPSA) is 74.2 Å². The molecule has 0 bridgehead atoms. The molecule has 3 N–H and O–H groups in total. The van der Waals surface area contributed by atoms with E-state index in [2.05, 4.69) is 15.6 Å². The minimum absolute atomic E-state index is 0.215. The molecule has 17 heavy (non-hydrogen) atoms. The number of carbonyl (C=O) groups is 1. The Labute approximate surface area is 102 Å². The van der Waals surface area contributed by atoms with E-state index in [4.69, 9.17) is 0 Å². The lowest BCUT2D eigenvalue weighted by atomic mass is 10.2. The van der Waals surface area contributed by atoms with Crippen molar-refractivity contribution in [2.24, 2.45) is 0 Å². The Balaban J connectivity index is 2.29. The number of nitrogens with zero attached hydrogens (tertiary/aromatic N) is 1. The van der Waals surface area contributed by atoms with Crippen LogP contribution in [-0.4, -0.2) is 22.7 Å². The van der Waals surface area contributed by atoms with Crippen molar-refractivity contribution < 1.29 is 9.90 Å². The molecule has 5 nitrogen and oxygen atoms in total. The number of hydrogen-bond donors (Lipinski definition) is 3. The average Bonchev–Trinajstić information content (AvgIpc) is 2.60. The van der Waals surface area contributed by atoms with Gasteiger partial charge in [0.25, 0.3) is 0 Å². The molecular formula is C11H13N3O2S. The molecule has 0 saturated heterocycles. The predicted octanol–water partition coefficient (Wildman–Crippen LogP) is 2.45. The number of benzene rings is 1. The number of anilines is 1. The number of aromatic nitrogens is 1. The number of rotatable bonds is 2. The fourth-order valence-electron chi connectivity index (χ4n) is 1.42. The highest BCUT2D eigenvalue weighted by molar-refractivity contribution is 7.22. The van der Waals surface area contributed by atoms with Crippen molar-refractivity contribution in [3.05, 3.63) is 17.7 Å². The van der Waals surface area contributed by atoms with Gasteiger partial charge in [0.15, 0.2) is 5.13 Å². The highest BCUT2D eigenvalue weighted by atomic mass is 32.1. The second kappa shape index (κ2) is 4.58. The summed E-state index contributed by atoms with van der Waals surface area (Å²) in [6, 6.07) is 3.18. The number of carbonyl (C=O) groups excluding carboxylic acids is 1. The first-order valence-corrected chi connectivity index (χ1v) is 6.07. The third kappa shape index (κ3) is 2.47. The van der Waals surface area contributed by atoms with E-state index in [1.165, 1.54) is 11.3 Å². The molecule has 1 aromatic carbocycles. The Bertz CT molecular complexity index is 526. The Kier molecular flexibility index (Phi) is 3.14. The van der Waals surface area contributed by atoms with E-state index in [9.17, 15) is 9.90 Å². The largest absolute Gasteiger partial charge is 0.508 e. The number of aryl methyl sites for hydroxylation is 1. The molecule has 0 spiro atoms. The van der Waals surface area contributed by atoms with Crippen LogP contribution in [0.1, 0.15) is 12.5 Å². The van der Waals surface area contributed by atoms with Gasteiger partial charge in [-0.3, -0.25) is 5.32 Å². The molecule has 6 heteroatoms. The van der Waals surface area contributed by atoms with Crippen molar-refractivity contribution in [3.8, 4) is 5.75 Å². The maximum Gasteiger partial charge on any atom is 0.321 e. The zero-order valence-corrected chi connectivity index (χ0v) is 10.4. The van der Waals surface area contributed by atoms with Gasteiger partial charge in [-0.2, -0.15) is 0 Å². The number of fused-ring (bicyclic) bond motifs is 1. The molecule has 0 aliphatic rings. The van der Waals surface area contributed by atoms with Gasteiger partial charge in [0.1, 0.15) is 5.75 Å². The van der Waals surface area contributed by atoms with Gasteiger partial charge in [-0.1, -0.05) is 11.3 Å². The highest BCUT2D eigenvalue weighted by Gasteiger charge is 2.08. The molecule has 0 atom stereocenters. The first kappa shape index (κ1) is 11.7. The molecule has 90 valence electrons. The predicted molar refractivity (Wildman–Crippen MR) is 68.7 cm³/mol. The van der Waals surface area contributed by atoms with Gasteiger partial charge in [0.05, 0.1) is 10.2 Å². The van der Waals surface area contributed by atoms with Crippen molar-refractivity contribution in [3.63, 3.8) is 0 Å². The number of urea groups is 1. The van der Waals surface area contributed by atoms with Gasteiger partial charge in [0, 0.05) is 12.6 Å². The first-order valence-electron chi connectivity index (χ1n) is 5.25. The summed E-state index contributed by atoms with van der Waals surface area (Å²) in [6.07, 6.45) is 0. The third-order valence-corrected chi connectivity index (χ3v) is 3.20. The van der Waals surface area contributed by atoms with Crippen LogP contribution in [0.5, 0.6) is 5.75 Å². The monoisotopic (exact) mass is 251 g/mol. The third-order valence-electron chi connectivity index (χ3n) is 2.26. The normalized spacial score (nSPS) is 10.5. The molecule has 0 fully saturated rings. The molecule has 1 aromatic heterocycles. The molecule has 0 aliphatic carbocycles. The van der Waals surface area contributed by atoms with Crippen LogP contribution >= 0.6 is 11.3 Å². The number of amides is 2. The van der Waals surface area contributed by atoms with Crippen molar-refractivity contribution >= 4 is 32.7 Å². The second-order valence-corrected chi connectivity index (χ2v) is 4.64. The fraction of sp³-hybridized carbons (Fsp3) is 0.273. The SMILES string of the molecule is CCNC(=O)Nc1nc2cc(O)c(C)cc2s1. The number of phenolic OH excluding ortho intramolecular Hbond substituents is 1. The minimum Gasteiger partial charge on any atom is -0.508 e. The van der Waals surface area contributed by atoms with Crippen LogP contribution in [-0.2, 0) is 0 Å². The number of thiazole rings is 1. The molecule has 2 aromatic rings. The van der Waals surface area contributed by atoms with Gasteiger partial charge >= 0.3 is 6.03 Å². The van der Waals surface area contributed by atoms with Crippen LogP contribution in [0, 0.1) is 6.92 Å². The first-order chi connectivity index (χ1) is 8.10. The number of hydrogen-bond acceptors (Lipinski definition) is 4. The van der Waals surface area contributed by atoms with E-state index in [1.807, 2.05) is 19.9 Å². The van der Waals surface area contributed by atoms with Gasteiger partial charge in [-0.05, 0) is 25.5 Å². The minimum atomic E-state index is -0.271. The van der Waals surface area contributed by atoms with Crippen molar-refractivity contribution in [2.45, 2.75) is 13.8 Å². The molecule has 1 heterocycles. The van der Waals surface area contributed by atoms with Crippen LogP contribution in [0.3, 0.4) is 0 Å². The maximum atomic E-state index is 11.3. The molecule has 2 amide bonds. The van der Waals surface area contributed by atoms with Crippen LogP contribution < -0.4 is 10.6 Å². The van der Waals surface area contributed by atoms with Crippen LogP contribution in [0.25, 0.3) is 10.2 Å². The summed E-state index contributed by atoms with van der Waals surface area (Å²) in [5.74, 6) is 0.215. The van der Waals surface area contributed by atoms with E-state index in [-0.39, 0.29) is 11.8 Å². The Morgan fingerprint density at radius 2 is 2.29 bits per heavy atom. The Morgan fingerprint density at radius 1 is 1.53 bits per heavy atom. The summed E-state index contributed by atoms with van der Waals surface area (Å²) >= 11 is 1.38. The lowest BCUT2D eigenvalue weighted by molar-refractivity contribution is 0.252. The second-order valence-electron chi connectivity index (χ2n) is 3.61. The molecule has 2 rings (SSSR count). The van der Waals surface area contributed by atoms with E-state index < -0.39 is 0 Å². The van der Waals surface area contributed by atoms with Crippen LogP contribution in [0.2, 0.25) is 0 Å². The summed E-state index contributed by atoms with van der Waals surface area (Å²) < 4.78 is 0.937. The quantitative estimate of drug-likeness (QED) is 0.767. The van der Waals surface area contributed by atoms with E-state index in [0.717, 1.165) is 10.3 Å². The number of phenols is 1. The number of nitrogens with one attached hydrogen (secondary N) is 2. The maximum absolute atomic E-state index is 11.3. The Hall–Kier alpha value is -1.82. The lowest BCUT2D eigenvalue weighted by Gasteiger charge is -2.00. The molecule has 0 radical (unpaired) electrons. The molecular weight excluding hydrogens is 238 g/mol. The fourth-order valence-corrected chi connectivity index (χ4v) is 2.36. The zero-order chi connectivity index (χ0) is 12.4. The summed E-state index contributed by atoms with van der Waals surface area (Å²) in [5, 5.41) is 15.4.